The highest BCUT2D eigenvalue weighted by atomic mass is 32.2. The van der Waals surface area contributed by atoms with Gasteiger partial charge in [0.25, 0.3) is 15.9 Å². The Hall–Kier alpha value is -5.03. The maximum Gasteiger partial charge on any atom is 0.270 e. The van der Waals surface area contributed by atoms with Gasteiger partial charge in [-0.15, -0.1) is 0 Å². The Kier molecular flexibility index (Phi) is 9.07. The summed E-state index contributed by atoms with van der Waals surface area (Å²) in [5.41, 5.74) is -0.349. The zero-order chi connectivity index (χ0) is 34.1. The van der Waals surface area contributed by atoms with Gasteiger partial charge >= 0.3 is 0 Å². The molecule has 11 nitrogen and oxygen atoms in total. The van der Waals surface area contributed by atoms with Crippen LogP contribution in [-0.4, -0.2) is 71.2 Å². The summed E-state index contributed by atoms with van der Waals surface area (Å²) in [5.74, 6) is -1.39. The lowest BCUT2D eigenvalue weighted by Crippen LogP contribution is -2.52. The Bertz CT molecular complexity index is 1980. The average Bonchev–Trinajstić information content (AvgIpc) is 3.35. The van der Waals surface area contributed by atoms with E-state index >= 15 is 4.39 Å². The Balaban J connectivity index is 1.49. The Labute approximate surface area is 279 Å². The molecule has 1 aromatic heterocycles. The van der Waals surface area contributed by atoms with Crippen LogP contribution in [0.15, 0.2) is 83.9 Å². The smallest absolute Gasteiger partial charge is 0.270 e. The van der Waals surface area contributed by atoms with E-state index in [4.69, 9.17) is 9.47 Å². The van der Waals surface area contributed by atoms with E-state index in [1.165, 1.54) is 43.6 Å². The molecular formula is C35H35FN6O5S. The van der Waals surface area contributed by atoms with Crippen LogP contribution in [0.25, 0.3) is 0 Å². The summed E-state index contributed by atoms with van der Waals surface area (Å²) in [6, 6.07) is 20.6. The highest BCUT2D eigenvalue weighted by Crippen LogP contribution is 2.49. The molecule has 3 aromatic carbocycles. The number of hydrogen-bond donors (Lipinski definition) is 1. The number of carbonyl (C=O) groups excluding carboxylic acids is 1. The van der Waals surface area contributed by atoms with Gasteiger partial charge in [0.1, 0.15) is 17.6 Å². The molecule has 3 heterocycles. The summed E-state index contributed by atoms with van der Waals surface area (Å²) >= 11 is 0. The number of anilines is 2. The van der Waals surface area contributed by atoms with Crippen molar-refractivity contribution in [2.45, 2.75) is 23.9 Å². The molecule has 48 heavy (non-hydrogen) atoms. The number of ether oxygens (including phenoxy) is 2. The lowest BCUT2D eigenvalue weighted by molar-refractivity contribution is -0.121. The van der Waals surface area contributed by atoms with E-state index in [-0.39, 0.29) is 46.3 Å². The fourth-order valence-electron chi connectivity index (χ4n) is 6.16. The molecule has 0 aliphatic carbocycles. The van der Waals surface area contributed by atoms with E-state index in [9.17, 15) is 18.5 Å². The number of halogens is 1. The number of benzene rings is 3. The van der Waals surface area contributed by atoms with Gasteiger partial charge < -0.3 is 19.3 Å². The predicted octanol–water partition coefficient (Wildman–Crippen LogP) is 4.02. The molecule has 13 heteroatoms. The first-order chi connectivity index (χ1) is 23.1. The number of methoxy groups -OCH3 is 1. The van der Waals surface area contributed by atoms with Gasteiger partial charge in [0.05, 0.1) is 29.9 Å². The fourth-order valence-corrected chi connectivity index (χ4v) is 7.62. The number of nitriles is 1. The quantitative estimate of drug-likeness (QED) is 0.264. The van der Waals surface area contributed by atoms with Crippen molar-refractivity contribution < 1.29 is 27.1 Å². The van der Waals surface area contributed by atoms with Crippen molar-refractivity contribution in [1.29, 1.82) is 5.26 Å². The molecule has 4 aromatic rings. The largest absolute Gasteiger partial charge is 0.497 e. The molecule has 2 aliphatic rings. The van der Waals surface area contributed by atoms with Gasteiger partial charge in [0, 0.05) is 61.8 Å². The normalized spacial score (nSPS) is 18.0. The first-order valence-electron chi connectivity index (χ1n) is 15.5. The number of fused-ring (bicyclic) bond motifs is 1. The minimum atomic E-state index is -4.60. The molecule has 0 bridgehead atoms. The van der Waals surface area contributed by atoms with Crippen molar-refractivity contribution in [2.24, 2.45) is 0 Å². The third kappa shape index (κ3) is 5.72. The van der Waals surface area contributed by atoms with Crippen LogP contribution >= 0.6 is 0 Å². The van der Waals surface area contributed by atoms with Crippen LogP contribution in [-0.2, 0) is 26.9 Å². The van der Waals surface area contributed by atoms with Crippen LogP contribution in [0.5, 0.6) is 11.6 Å². The first-order valence-corrected chi connectivity index (χ1v) is 16.9. The summed E-state index contributed by atoms with van der Waals surface area (Å²) < 4.78 is 55.5. The maximum atomic E-state index is 15.3. The second-order valence-electron chi connectivity index (χ2n) is 11.6. The second kappa shape index (κ2) is 13.2. The third-order valence-corrected chi connectivity index (χ3v) is 10.5. The standard InChI is InChI=1S/C35H35FN6O5S/c1-4-47-33-29(6-5-15-38-33)35(39-23-24-7-9-26(10-8-24)41-18-16-40(2)17-19-41)30-20-25(22-37)31(36)21-32(30)42(34(35)43)48(44,45)28-13-11-27(46-3)12-14-28/h5-15,20-21,39H,4,16-19,23H2,1-3H3. The molecule has 1 fully saturated rings. The molecule has 1 amide bonds. The Morgan fingerprint density at radius 3 is 2.38 bits per heavy atom. The lowest BCUT2D eigenvalue weighted by Gasteiger charge is -2.34. The second-order valence-corrected chi connectivity index (χ2v) is 13.3. The SMILES string of the molecule is CCOc1ncccc1C1(NCc2ccc(N3CCN(C)CC3)cc2)C(=O)N(S(=O)(=O)c2ccc(OC)cc2)c2cc(F)c(C#N)cc21. The number of carbonyl (C=O) groups is 1. The number of rotatable bonds is 10. The highest BCUT2D eigenvalue weighted by Gasteiger charge is 2.58. The van der Waals surface area contributed by atoms with E-state index in [1.807, 2.05) is 30.3 Å². The van der Waals surface area contributed by atoms with Gasteiger partial charge in [-0.3, -0.25) is 10.1 Å². The number of likely N-dealkylation sites (N-methyl/N-ethyl adjacent to an activating group) is 1. The molecule has 1 atom stereocenters. The van der Waals surface area contributed by atoms with Crippen LogP contribution in [0.4, 0.5) is 15.8 Å². The predicted molar refractivity (Wildman–Crippen MR) is 178 cm³/mol. The number of pyridine rings is 1. The summed E-state index contributed by atoms with van der Waals surface area (Å²) in [6.07, 6.45) is 1.50. The van der Waals surface area contributed by atoms with Gasteiger partial charge in [-0.25, -0.2) is 22.1 Å². The number of amides is 1. The summed E-state index contributed by atoms with van der Waals surface area (Å²) in [4.78, 5) is 23.7. The topological polar surface area (TPSA) is 128 Å². The molecule has 1 unspecified atom stereocenters. The number of piperazine rings is 1. The van der Waals surface area contributed by atoms with Crippen LogP contribution < -0.4 is 24.0 Å². The van der Waals surface area contributed by atoms with Crippen molar-refractivity contribution in [3.05, 3.63) is 107 Å². The molecule has 248 valence electrons. The van der Waals surface area contributed by atoms with Crippen molar-refractivity contribution in [2.75, 3.05) is 56.1 Å². The molecule has 0 saturated carbocycles. The van der Waals surface area contributed by atoms with Crippen LogP contribution in [0.3, 0.4) is 0 Å². The van der Waals surface area contributed by atoms with Gasteiger partial charge in [-0.2, -0.15) is 5.26 Å². The minimum Gasteiger partial charge on any atom is -0.497 e. The molecule has 0 radical (unpaired) electrons. The zero-order valence-corrected chi connectivity index (χ0v) is 27.6. The number of aromatic nitrogens is 1. The van der Waals surface area contributed by atoms with Crippen molar-refractivity contribution in [3.63, 3.8) is 0 Å². The monoisotopic (exact) mass is 670 g/mol. The summed E-state index contributed by atoms with van der Waals surface area (Å²) in [7, 11) is -1.06. The van der Waals surface area contributed by atoms with E-state index in [0.29, 0.717) is 10.1 Å². The van der Waals surface area contributed by atoms with Crippen molar-refractivity contribution in [1.82, 2.24) is 15.2 Å². The number of sulfonamides is 1. The van der Waals surface area contributed by atoms with Crippen LogP contribution in [0.2, 0.25) is 0 Å². The van der Waals surface area contributed by atoms with Crippen molar-refractivity contribution >= 4 is 27.3 Å². The highest BCUT2D eigenvalue weighted by molar-refractivity contribution is 7.93. The fraction of sp³-hybridized carbons (Fsp3) is 0.286. The third-order valence-electron chi connectivity index (χ3n) is 8.75. The molecular weight excluding hydrogens is 635 g/mol. The van der Waals surface area contributed by atoms with Gasteiger partial charge in [-0.1, -0.05) is 12.1 Å². The van der Waals surface area contributed by atoms with E-state index in [1.54, 1.807) is 19.1 Å². The maximum absolute atomic E-state index is 15.3. The number of hydrogen-bond acceptors (Lipinski definition) is 10. The Morgan fingerprint density at radius 1 is 1.02 bits per heavy atom. The molecule has 1 saturated heterocycles. The zero-order valence-electron chi connectivity index (χ0n) is 26.8. The van der Waals surface area contributed by atoms with E-state index in [2.05, 4.69) is 27.1 Å². The van der Waals surface area contributed by atoms with Crippen LogP contribution in [0.1, 0.15) is 29.2 Å². The molecule has 6 rings (SSSR count). The minimum absolute atomic E-state index is 0.0746. The Morgan fingerprint density at radius 2 is 1.73 bits per heavy atom. The summed E-state index contributed by atoms with van der Waals surface area (Å²) in [5, 5.41) is 13.2. The van der Waals surface area contributed by atoms with Crippen LogP contribution in [0, 0.1) is 17.1 Å². The molecule has 2 aliphatic heterocycles. The van der Waals surface area contributed by atoms with Gasteiger partial charge in [0.15, 0.2) is 5.54 Å². The molecule has 0 spiro atoms. The van der Waals surface area contributed by atoms with Crippen molar-refractivity contribution in [3.8, 4) is 17.7 Å². The average molecular weight is 671 g/mol. The molecule has 1 N–H and O–H groups in total. The van der Waals surface area contributed by atoms with Gasteiger partial charge in [-0.05, 0) is 74.1 Å². The lowest BCUT2D eigenvalue weighted by atomic mass is 9.83. The van der Waals surface area contributed by atoms with E-state index in [0.717, 1.165) is 43.5 Å². The number of nitrogens with one attached hydrogen (secondary N) is 1. The van der Waals surface area contributed by atoms with Gasteiger partial charge in [0.2, 0.25) is 5.88 Å². The number of nitrogens with zero attached hydrogens (tertiary/aromatic N) is 5. The summed E-state index contributed by atoms with van der Waals surface area (Å²) in [6.45, 7) is 5.79. The first kappa shape index (κ1) is 32.9. The van der Waals surface area contributed by atoms with E-state index < -0.39 is 27.3 Å².